The van der Waals surface area contributed by atoms with Crippen LogP contribution < -0.4 is 10.6 Å². The molecule has 0 bridgehead atoms. The van der Waals surface area contributed by atoms with Gasteiger partial charge in [0.05, 0.1) is 17.0 Å². The molecule has 7 nitrogen and oxygen atoms in total. The second-order valence-corrected chi connectivity index (χ2v) is 11.4. The van der Waals surface area contributed by atoms with E-state index in [-0.39, 0.29) is 42.6 Å². The highest BCUT2D eigenvalue weighted by molar-refractivity contribution is 7.88. The first-order valence-corrected chi connectivity index (χ1v) is 13.9. The molecule has 2 aromatic carbocycles. The summed E-state index contributed by atoms with van der Waals surface area (Å²) in [7, 11) is -3.56. The Balaban J connectivity index is 1.33. The first kappa shape index (κ1) is 25.3. The molecule has 2 aromatic rings. The van der Waals surface area contributed by atoms with Crippen LogP contribution in [0.25, 0.3) is 0 Å². The van der Waals surface area contributed by atoms with Gasteiger partial charge in [0.1, 0.15) is 5.82 Å². The van der Waals surface area contributed by atoms with Crippen molar-refractivity contribution < 1.29 is 22.4 Å². The molecule has 1 aliphatic carbocycles. The minimum Gasteiger partial charge on any atom is -0.349 e. The molecular weight excluding hydrogens is 469 g/mol. The monoisotopic (exact) mass is 501 g/mol. The van der Waals surface area contributed by atoms with Crippen LogP contribution in [0.3, 0.4) is 0 Å². The fourth-order valence-corrected chi connectivity index (χ4v) is 6.38. The molecule has 2 aliphatic rings. The molecule has 2 amide bonds. The van der Waals surface area contributed by atoms with Gasteiger partial charge in [-0.25, -0.2) is 17.1 Å². The SMILES string of the molecule is O=C(NC1CCCCC1)c1ccccc1NC(=O)C1CCN(S(=O)(=O)Cc2ccc(F)cc2)CC1. The lowest BCUT2D eigenvalue weighted by Crippen LogP contribution is -2.42. The molecule has 1 aliphatic heterocycles. The molecule has 0 unspecified atom stereocenters. The largest absolute Gasteiger partial charge is 0.349 e. The highest BCUT2D eigenvalue weighted by Gasteiger charge is 2.31. The molecule has 2 fully saturated rings. The molecule has 1 heterocycles. The van der Waals surface area contributed by atoms with Gasteiger partial charge in [0.2, 0.25) is 15.9 Å². The zero-order valence-electron chi connectivity index (χ0n) is 19.7. The van der Waals surface area contributed by atoms with E-state index in [1.165, 1.54) is 35.0 Å². The number of anilines is 1. The van der Waals surface area contributed by atoms with Crippen LogP contribution in [0.2, 0.25) is 0 Å². The Morgan fingerprint density at radius 2 is 1.57 bits per heavy atom. The molecule has 9 heteroatoms. The lowest BCUT2D eigenvalue weighted by molar-refractivity contribution is -0.120. The maximum atomic E-state index is 13.1. The second-order valence-electron chi connectivity index (χ2n) is 9.40. The quantitative estimate of drug-likeness (QED) is 0.598. The molecule has 35 heavy (non-hydrogen) atoms. The maximum Gasteiger partial charge on any atom is 0.253 e. The van der Waals surface area contributed by atoms with Gasteiger partial charge in [0.15, 0.2) is 0 Å². The zero-order valence-corrected chi connectivity index (χ0v) is 20.5. The average molecular weight is 502 g/mol. The predicted octanol–water partition coefficient (Wildman–Crippen LogP) is 4.07. The van der Waals surface area contributed by atoms with Crippen LogP contribution in [0.4, 0.5) is 10.1 Å². The second kappa shape index (κ2) is 11.3. The summed E-state index contributed by atoms with van der Waals surface area (Å²) in [5.74, 6) is -1.35. The number of hydrogen-bond donors (Lipinski definition) is 2. The van der Waals surface area contributed by atoms with Crippen molar-refractivity contribution in [2.24, 2.45) is 5.92 Å². The number of sulfonamides is 1. The molecule has 0 radical (unpaired) electrons. The van der Waals surface area contributed by atoms with Crippen molar-refractivity contribution in [3.8, 4) is 0 Å². The third kappa shape index (κ3) is 6.67. The van der Waals surface area contributed by atoms with Crippen molar-refractivity contribution in [2.75, 3.05) is 18.4 Å². The molecule has 0 spiro atoms. The number of amides is 2. The van der Waals surface area contributed by atoms with E-state index in [1.54, 1.807) is 24.3 Å². The number of carbonyl (C=O) groups excluding carboxylic acids is 2. The van der Waals surface area contributed by atoms with Crippen LogP contribution in [0.15, 0.2) is 48.5 Å². The lowest BCUT2D eigenvalue weighted by Gasteiger charge is -2.30. The number of nitrogens with one attached hydrogen (secondary N) is 2. The van der Waals surface area contributed by atoms with Crippen LogP contribution in [0.1, 0.15) is 60.9 Å². The normalized spacial score (nSPS) is 18.2. The van der Waals surface area contributed by atoms with E-state index < -0.39 is 15.8 Å². The van der Waals surface area contributed by atoms with Crippen molar-refractivity contribution in [1.82, 2.24) is 9.62 Å². The lowest BCUT2D eigenvalue weighted by atomic mass is 9.95. The molecule has 1 saturated heterocycles. The van der Waals surface area contributed by atoms with Gasteiger partial charge in [-0.2, -0.15) is 0 Å². The van der Waals surface area contributed by atoms with Crippen LogP contribution in [-0.2, 0) is 20.6 Å². The summed E-state index contributed by atoms with van der Waals surface area (Å²) in [4.78, 5) is 25.8. The summed E-state index contributed by atoms with van der Waals surface area (Å²) in [6.45, 7) is 0.483. The minimum atomic E-state index is -3.56. The van der Waals surface area contributed by atoms with E-state index in [2.05, 4.69) is 10.6 Å². The Kier molecular flexibility index (Phi) is 8.18. The van der Waals surface area contributed by atoms with Gasteiger partial charge in [-0.15, -0.1) is 0 Å². The number of carbonyl (C=O) groups is 2. The van der Waals surface area contributed by atoms with Gasteiger partial charge in [-0.3, -0.25) is 9.59 Å². The topological polar surface area (TPSA) is 95.6 Å². The standard InChI is InChI=1S/C26H32FN3O4S/c27-21-12-10-19(11-13-21)18-35(33,34)30-16-14-20(15-17-30)25(31)29-24-9-5-4-8-23(24)26(32)28-22-6-2-1-3-7-22/h4-5,8-13,20,22H,1-3,6-7,14-18H2,(H,28,32)(H,29,31). The minimum absolute atomic E-state index is 0.168. The van der Waals surface area contributed by atoms with Gasteiger partial charge in [-0.05, 0) is 55.5 Å². The Hall–Kier alpha value is -2.78. The van der Waals surface area contributed by atoms with Crippen LogP contribution >= 0.6 is 0 Å². The Morgan fingerprint density at radius 3 is 2.26 bits per heavy atom. The smallest absolute Gasteiger partial charge is 0.253 e. The van der Waals surface area contributed by atoms with Gasteiger partial charge in [0.25, 0.3) is 5.91 Å². The first-order chi connectivity index (χ1) is 16.8. The van der Waals surface area contributed by atoms with E-state index in [0.29, 0.717) is 29.7 Å². The third-order valence-electron chi connectivity index (χ3n) is 6.85. The number of rotatable bonds is 7. The summed E-state index contributed by atoms with van der Waals surface area (Å²) < 4.78 is 40.1. The van der Waals surface area contributed by atoms with Crippen molar-refractivity contribution in [3.05, 3.63) is 65.5 Å². The molecule has 0 aromatic heterocycles. The van der Waals surface area contributed by atoms with Crippen LogP contribution in [0.5, 0.6) is 0 Å². The molecular formula is C26H32FN3O4S. The zero-order chi connectivity index (χ0) is 24.8. The van der Waals surface area contributed by atoms with Crippen LogP contribution in [0, 0.1) is 11.7 Å². The number of para-hydroxylation sites is 1. The third-order valence-corrected chi connectivity index (χ3v) is 8.70. The number of halogens is 1. The van der Waals surface area contributed by atoms with Crippen molar-refractivity contribution in [2.45, 2.75) is 56.7 Å². The Bertz CT molecular complexity index is 1140. The highest BCUT2D eigenvalue weighted by atomic mass is 32.2. The number of piperidine rings is 1. The molecule has 1 saturated carbocycles. The number of benzene rings is 2. The summed E-state index contributed by atoms with van der Waals surface area (Å²) in [5.41, 5.74) is 1.43. The van der Waals surface area contributed by atoms with Crippen molar-refractivity contribution >= 4 is 27.5 Å². The highest BCUT2D eigenvalue weighted by Crippen LogP contribution is 2.25. The summed E-state index contributed by atoms with van der Waals surface area (Å²) >= 11 is 0. The first-order valence-electron chi connectivity index (χ1n) is 12.2. The van der Waals surface area contributed by atoms with E-state index in [4.69, 9.17) is 0 Å². The molecule has 2 N–H and O–H groups in total. The van der Waals surface area contributed by atoms with Gasteiger partial charge in [-0.1, -0.05) is 43.5 Å². The van der Waals surface area contributed by atoms with Crippen molar-refractivity contribution in [1.29, 1.82) is 0 Å². The number of nitrogens with zero attached hydrogens (tertiary/aromatic N) is 1. The molecule has 0 atom stereocenters. The van der Waals surface area contributed by atoms with Gasteiger partial charge in [0, 0.05) is 25.0 Å². The van der Waals surface area contributed by atoms with E-state index >= 15 is 0 Å². The summed E-state index contributed by atoms with van der Waals surface area (Å²) in [5, 5.41) is 5.98. The Morgan fingerprint density at radius 1 is 0.914 bits per heavy atom. The average Bonchev–Trinajstić information content (AvgIpc) is 2.86. The van der Waals surface area contributed by atoms with Crippen LogP contribution in [-0.4, -0.2) is 43.7 Å². The Labute approximate surface area is 206 Å². The predicted molar refractivity (Wildman–Crippen MR) is 133 cm³/mol. The molecule has 4 rings (SSSR count). The van der Waals surface area contributed by atoms with E-state index in [1.807, 2.05) is 0 Å². The summed E-state index contributed by atoms with van der Waals surface area (Å²) in [6, 6.07) is 12.6. The fourth-order valence-electron chi connectivity index (χ4n) is 4.81. The molecule has 188 valence electrons. The maximum absolute atomic E-state index is 13.1. The summed E-state index contributed by atoms with van der Waals surface area (Å²) in [6.07, 6.45) is 6.16. The van der Waals surface area contributed by atoms with Gasteiger partial charge >= 0.3 is 0 Å². The number of hydrogen-bond acceptors (Lipinski definition) is 4. The van der Waals surface area contributed by atoms with E-state index in [0.717, 1.165) is 25.7 Å². The van der Waals surface area contributed by atoms with Gasteiger partial charge < -0.3 is 10.6 Å². The van der Waals surface area contributed by atoms with E-state index in [9.17, 15) is 22.4 Å². The fraction of sp³-hybridized carbons (Fsp3) is 0.462. The van der Waals surface area contributed by atoms with Crippen molar-refractivity contribution in [3.63, 3.8) is 0 Å².